The highest BCUT2D eigenvalue weighted by molar-refractivity contribution is 7.89. The Morgan fingerprint density at radius 3 is 2.50 bits per heavy atom. The summed E-state index contributed by atoms with van der Waals surface area (Å²) in [5.74, 6) is 0.381. The minimum atomic E-state index is -3.55. The zero-order valence-corrected chi connectivity index (χ0v) is 20.4. The minimum absolute atomic E-state index is 0.111. The first kappa shape index (κ1) is 23.3. The fourth-order valence-electron chi connectivity index (χ4n) is 5.03. The lowest BCUT2D eigenvalue weighted by Crippen LogP contribution is -2.34. The Kier molecular flexibility index (Phi) is 6.08. The summed E-state index contributed by atoms with van der Waals surface area (Å²) in [6.45, 7) is 1.54. The second kappa shape index (κ2) is 9.40. The summed E-state index contributed by atoms with van der Waals surface area (Å²) < 4.78 is 33.4. The molecule has 2 N–H and O–H groups in total. The van der Waals surface area contributed by atoms with E-state index in [-0.39, 0.29) is 23.4 Å². The maximum Gasteiger partial charge on any atom is 0.278 e. The summed E-state index contributed by atoms with van der Waals surface area (Å²) in [7, 11) is -3.55. The number of fused-ring (bicyclic) bond motifs is 2. The van der Waals surface area contributed by atoms with E-state index in [1.807, 2.05) is 30.3 Å². The molecule has 10 nitrogen and oxygen atoms in total. The van der Waals surface area contributed by atoms with Crippen LogP contribution in [0.5, 0.6) is 0 Å². The summed E-state index contributed by atoms with van der Waals surface area (Å²) in [4.78, 5) is 26.4. The van der Waals surface area contributed by atoms with E-state index in [2.05, 4.69) is 20.8 Å². The first-order valence-corrected chi connectivity index (χ1v) is 13.6. The van der Waals surface area contributed by atoms with Gasteiger partial charge in [0.2, 0.25) is 16.0 Å². The maximum absolute atomic E-state index is 13.2. The average molecular weight is 510 g/mol. The smallest absolute Gasteiger partial charge is 0.278 e. The van der Waals surface area contributed by atoms with Crippen LogP contribution in [0.2, 0.25) is 0 Å². The molecular weight excluding hydrogens is 482 g/mol. The second-order valence-electron chi connectivity index (χ2n) is 9.47. The van der Waals surface area contributed by atoms with Crippen molar-refractivity contribution in [2.45, 2.75) is 36.5 Å². The van der Waals surface area contributed by atoms with Gasteiger partial charge >= 0.3 is 0 Å². The first-order chi connectivity index (χ1) is 17.5. The van der Waals surface area contributed by atoms with Gasteiger partial charge in [0, 0.05) is 44.6 Å². The molecule has 2 aromatic carbocycles. The van der Waals surface area contributed by atoms with Crippen LogP contribution in [0, 0.1) is 11.8 Å². The van der Waals surface area contributed by atoms with E-state index in [0.29, 0.717) is 30.5 Å². The molecule has 188 valence electrons. The Bertz CT molecular complexity index is 1370. The van der Waals surface area contributed by atoms with Crippen molar-refractivity contribution in [1.82, 2.24) is 19.8 Å². The molecule has 0 spiro atoms. The van der Waals surface area contributed by atoms with Gasteiger partial charge in [-0.25, -0.2) is 28.7 Å². The standard InChI is InChI=1S/C25H27N5O5S/c31-24(29-35-22-7-3-4-10-34-22)18-12-26-25(27-13-18)28-23-20-14-30(15-21(20)23)36(32,33)19-9-8-16-5-1-2-6-17(16)11-19/h1-2,5-6,8-9,11-13,20-23H,3-4,7,10,14-15H2,(H,29,31)(H,26,27,28). The van der Waals surface area contributed by atoms with E-state index in [9.17, 15) is 13.2 Å². The van der Waals surface area contributed by atoms with Gasteiger partial charge in [0.15, 0.2) is 6.29 Å². The fraction of sp³-hybridized carbons (Fsp3) is 0.400. The Labute approximate surface area is 209 Å². The highest BCUT2D eigenvalue weighted by Crippen LogP contribution is 2.48. The van der Waals surface area contributed by atoms with Crippen molar-refractivity contribution in [1.29, 1.82) is 0 Å². The third-order valence-electron chi connectivity index (χ3n) is 7.15. The van der Waals surface area contributed by atoms with Crippen molar-refractivity contribution in [3.63, 3.8) is 0 Å². The number of benzene rings is 2. The number of piperidine rings is 1. The molecule has 3 aromatic rings. The van der Waals surface area contributed by atoms with Crippen LogP contribution in [0.3, 0.4) is 0 Å². The molecule has 36 heavy (non-hydrogen) atoms. The van der Waals surface area contributed by atoms with Crippen LogP contribution in [0.4, 0.5) is 5.95 Å². The Hall–Kier alpha value is -3.12. The molecule has 2 saturated heterocycles. The highest BCUT2D eigenvalue weighted by atomic mass is 32.2. The van der Waals surface area contributed by atoms with Crippen molar-refractivity contribution < 1.29 is 22.8 Å². The van der Waals surface area contributed by atoms with Crippen molar-refractivity contribution >= 4 is 32.7 Å². The SMILES string of the molecule is O=C(NOC1CCCCO1)c1cnc(NC2C3CN(S(=O)(=O)c4ccc5ccccc5c4)CC32)nc1. The molecule has 3 aliphatic rings. The van der Waals surface area contributed by atoms with Gasteiger partial charge in [0.25, 0.3) is 5.91 Å². The summed E-state index contributed by atoms with van der Waals surface area (Å²) in [5.41, 5.74) is 2.67. The lowest BCUT2D eigenvalue weighted by Gasteiger charge is -2.22. The molecule has 1 amide bonds. The predicted molar refractivity (Wildman–Crippen MR) is 131 cm³/mol. The van der Waals surface area contributed by atoms with Crippen LogP contribution < -0.4 is 10.8 Å². The van der Waals surface area contributed by atoms with Gasteiger partial charge in [-0.05, 0) is 47.6 Å². The molecule has 11 heteroatoms. The number of carbonyl (C=O) groups is 1. The molecule has 0 bridgehead atoms. The molecule has 3 heterocycles. The predicted octanol–water partition coefficient (Wildman–Crippen LogP) is 2.55. The van der Waals surface area contributed by atoms with Crippen molar-refractivity contribution in [2.75, 3.05) is 25.0 Å². The highest BCUT2D eigenvalue weighted by Gasteiger charge is 2.58. The van der Waals surface area contributed by atoms with E-state index in [1.54, 1.807) is 16.4 Å². The number of carbonyl (C=O) groups excluding carboxylic acids is 1. The number of anilines is 1. The fourth-order valence-corrected chi connectivity index (χ4v) is 6.58. The van der Waals surface area contributed by atoms with Crippen molar-refractivity contribution in [3.8, 4) is 0 Å². The molecule has 1 aromatic heterocycles. The van der Waals surface area contributed by atoms with Gasteiger partial charge < -0.3 is 10.1 Å². The number of amides is 1. The summed E-state index contributed by atoms with van der Waals surface area (Å²) in [6, 6.07) is 13.1. The van der Waals surface area contributed by atoms with E-state index >= 15 is 0 Å². The normalized spacial score (nSPS) is 25.9. The van der Waals surface area contributed by atoms with Gasteiger partial charge in [0.05, 0.1) is 10.5 Å². The molecular formula is C25H27N5O5S. The van der Waals surface area contributed by atoms with Gasteiger partial charge in [-0.15, -0.1) is 0 Å². The monoisotopic (exact) mass is 509 g/mol. The van der Waals surface area contributed by atoms with Gasteiger partial charge in [0.1, 0.15) is 0 Å². The lowest BCUT2D eigenvalue weighted by molar-refractivity contribution is -0.186. The lowest BCUT2D eigenvalue weighted by atomic mass is 10.1. The summed E-state index contributed by atoms with van der Waals surface area (Å²) in [5, 5.41) is 5.20. The van der Waals surface area contributed by atoms with E-state index in [4.69, 9.17) is 9.57 Å². The maximum atomic E-state index is 13.2. The number of sulfonamides is 1. The Morgan fingerprint density at radius 1 is 1.03 bits per heavy atom. The Morgan fingerprint density at radius 2 is 1.78 bits per heavy atom. The van der Waals surface area contributed by atoms with Gasteiger partial charge in [-0.2, -0.15) is 4.31 Å². The number of hydrogen-bond acceptors (Lipinski definition) is 8. The number of hydrogen-bond donors (Lipinski definition) is 2. The molecule has 2 aliphatic heterocycles. The third kappa shape index (κ3) is 4.55. The first-order valence-electron chi connectivity index (χ1n) is 12.1. The second-order valence-corrected chi connectivity index (χ2v) is 11.4. The zero-order chi connectivity index (χ0) is 24.7. The van der Waals surface area contributed by atoms with Crippen LogP contribution in [0.1, 0.15) is 29.6 Å². The molecule has 3 unspecified atom stereocenters. The molecule has 3 atom stereocenters. The van der Waals surface area contributed by atoms with Crippen molar-refractivity contribution in [3.05, 3.63) is 60.4 Å². The van der Waals surface area contributed by atoms with Crippen LogP contribution in [0.25, 0.3) is 10.8 Å². The van der Waals surface area contributed by atoms with Crippen LogP contribution in [0.15, 0.2) is 59.8 Å². The van der Waals surface area contributed by atoms with E-state index in [0.717, 1.165) is 30.0 Å². The molecule has 3 fully saturated rings. The summed E-state index contributed by atoms with van der Waals surface area (Å²) in [6.07, 6.45) is 5.18. The number of nitrogens with zero attached hydrogens (tertiary/aromatic N) is 3. The topological polar surface area (TPSA) is 123 Å². The van der Waals surface area contributed by atoms with Crippen LogP contribution in [-0.4, -0.2) is 60.6 Å². The van der Waals surface area contributed by atoms with E-state index < -0.39 is 22.2 Å². The molecule has 1 aliphatic carbocycles. The van der Waals surface area contributed by atoms with E-state index in [1.165, 1.54) is 12.4 Å². The van der Waals surface area contributed by atoms with Gasteiger partial charge in [-0.1, -0.05) is 30.3 Å². The average Bonchev–Trinajstić information content (AvgIpc) is 3.33. The van der Waals surface area contributed by atoms with Crippen LogP contribution in [-0.2, 0) is 19.6 Å². The number of aromatic nitrogens is 2. The number of ether oxygens (including phenoxy) is 1. The third-order valence-corrected chi connectivity index (χ3v) is 8.98. The van der Waals surface area contributed by atoms with Gasteiger partial charge in [-0.3, -0.25) is 4.79 Å². The molecule has 1 saturated carbocycles. The summed E-state index contributed by atoms with van der Waals surface area (Å²) >= 11 is 0. The molecule has 0 radical (unpaired) electrons. The van der Waals surface area contributed by atoms with Crippen LogP contribution >= 0.6 is 0 Å². The number of nitrogens with one attached hydrogen (secondary N) is 2. The van der Waals surface area contributed by atoms with Crippen molar-refractivity contribution in [2.24, 2.45) is 11.8 Å². The number of rotatable bonds is 7. The largest absolute Gasteiger partial charge is 0.351 e. The minimum Gasteiger partial charge on any atom is -0.351 e. The molecule has 6 rings (SSSR count). The number of hydroxylamine groups is 1. The quantitative estimate of drug-likeness (QED) is 0.466. The zero-order valence-electron chi connectivity index (χ0n) is 19.5. The Balaban J connectivity index is 1.02.